The van der Waals surface area contributed by atoms with E-state index in [1.54, 1.807) is 4.90 Å². The van der Waals surface area contributed by atoms with Gasteiger partial charge in [0.2, 0.25) is 11.8 Å². The van der Waals surface area contributed by atoms with E-state index in [9.17, 15) is 14.4 Å². The Kier molecular flexibility index (Phi) is 7.35. The van der Waals surface area contributed by atoms with Gasteiger partial charge in [-0.1, -0.05) is 37.5 Å². The molecule has 0 saturated carbocycles. The Labute approximate surface area is 184 Å². The fourth-order valence-electron chi connectivity index (χ4n) is 5.09. The molecule has 2 saturated heterocycles. The van der Waals surface area contributed by atoms with Crippen molar-refractivity contribution < 1.29 is 14.4 Å². The highest BCUT2D eigenvalue weighted by atomic mass is 16.2. The molecule has 1 atom stereocenters. The summed E-state index contributed by atoms with van der Waals surface area (Å²) in [7, 11) is 0. The molecule has 0 aromatic heterocycles. The second kappa shape index (κ2) is 10.4. The lowest BCUT2D eigenvalue weighted by molar-refractivity contribution is -0.136. The Morgan fingerprint density at radius 3 is 2.68 bits per heavy atom. The molecule has 1 unspecified atom stereocenters. The summed E-state index contributed by atoms with van der Waals surface area (Å²) >= 11 is 0. The second-order valence-corrected chi connectivity index (χ2v) is 9.07. The van der Waals surface area contributed by atoms with Crippen LogP contribution in [-0.2, 0) is 22.7 Å². The molecule has 0 bridgehead atoms. The quantitative estimate of drug-likeness (QED) is 0.416. The Morgan fingerprint density at radius 2 is 1.87 bits per heavy atom. The molecule has 3 aliphatic heterocycles. The summed E-state index contributed by atoms with van der Waals surface area (Å²) in [6.07, 6.45) is 8.35. The fraction of sp³-hybridized carbons (Fsp3) is 0.625. The monoisotopic (exact) mass is 426 g/mol. The van der Waals surface area contributed by atoms with E-state index in [1.807, 2.05) is 18.2 Å². The van der Waals surface area contributed by atoms with Crippen LogP contribution in [0.25, 0.3) is 0 Å². The van der Waals surface area contributed by atoms with E-state index in [2.05, 4.69) is 16.0 Å². The van der Waals surface area contributed by atoms with Crippen LogP contribution in [0.15, 0.2) is 18.2 Å². The molecule has 2 fully saturated rings. The van der Waals surface area contributed by atoms with Gasteiger partial charge in [-0.05, 0) is 62.4 Å². The van der Waals surface area contributed by atoms with Crippen LogP contribution in [0.2, 0.25) is 0 Å². The van der Waals surface area contributed by atoms with Crippen molar-refractivity contribution >= 4 is 17.7 Å². The normalized spacial score (nSPS) is 22.0. The van der Waals surface area contributed by atoms with Gasteiger partial charge in [-0.25, -0.2) is 0 Å². The zero-order valence-corrected chi connectivity index (χ0v) is 18.3. The number of nitrogens with one attached hydrogen (secondary N) is 3. The van der Waals surface area contributed by atoms with Crippen LogP contribution in [0, 0.1) is 5.92 Å². The third-order valence-corrected chi connectivity index (χ3v) is 6.88. The number of amides is 3. The summed E-state index contributed by atoms with van der Waals surface area (Å²) in [6, 6.07) is 5.38. The van der Waals surface area contributed by atoms with Gasteiger partial charge in [0.15, 0.2) is 0 Å². The molecular weight excluding hydrogens is 392 g/mol. The molecule has 3 amide bonds. The minimum atomic E-state index is -0.557. The zero-order chi connectivity index (χ0) is 21.6. The highest BCUT2D eigenvalue weighted by Crippen LogP contribution is 2.29. The maximum absolute atomic E-state index is 13.1. The topological polar surface area (TPSA) is 90.5 Å². The maximum atomic E-state index is 13.1. The van der Waals surface area contributed by atoms with Crippen molar-refractivity contribution in [3.05, 3.63) is 34.9 Å². The zero-order valence-electron chi connectivity index (χ0n) is 18.3. The molecule has 1 aromatic rings. The molecule has 4 rings (SSSR count). The van der Waals surface area contributed by atoms with Crippen LogP contribution in [0.1, 0.15) is 72.9 Å². The molecule has 3 aliphatic rings. The van der Waals surface area contributed by atoms with E-state index in [-0.39, 0.29) is 24.1 Å². The van der Waals surface area contributed by atoms with Crippen molar-refractivity contribution in [3.8, 4) is 0 Å². The predicted molar refractivity (Wildman–Crippen MR) is 118 cm³/mol. The summed E-state index contributed by atoms with van der Waals surface area (Å²) in [6.45, 7) is 4.39. The standard InChI is InChI=1S/C24H34N4O3/c29-21-9-8-20(23(30)27-21)28-16-19-7-4-6-18(22(19)24(28)31)15-26-12-3-1-2-5-17-10-13-25-14-11-17/h4,6-7,17,20,25-26H,1-3,5,8-16H2,(H,27,29,30). The number of benzene rings is 1. The van der Waals surface area contributed by atoms with Gasteiger partial charge in [0, 0.05) is 25.1 Å². The van der Waals surface area contributed by atoms with Crippen molar-refractivity contribution in [1.82, 2.24) is 20.9 Å². The van der Waals surface area contributed by atoms with Gasteiger partial charge in [-0.2, -0.15) is 0 Å². The molecule has 0 radical (unpaired) electrons. The Balaban J connectivity index is 1.23. The molecule has 1 aromatic carbocycles. The van der Waals surface area contributed by atoms with Gasteiger partial charge >= 0.3 is 0 Å². The number of hydrogen-bond donors (Lipinski definition) is 3. The average molecular weight is 427 g/mol. The number of imide groups is 1. The molecule has 3 N–H and O–H groups in total. The van der Waals surface area contributed by atoms with E-state index in [1.165, 1.54) is 45.2 Å². The lowest BCUT2D eigenvalue weighted by Crippen LogP contribution is -2.52. The number of piperidine rings is 2. The molecule has 7 heteroatoms. The molecule has 0 spiro atoms. The largest absolute Gasteiger partial charge is 0.322 e. The van der Waals surface area contributed by atoms with Crippen LogP contribution in [-0.4, -0.2) is 48.3 Å². The fourth-order valence-corrected chi connectivity index (χ4v) is 5.09. The molecule has 168 valence electrons. The van der Waals surface area contributed by atoms with Crippen LogP contribution < -0.4 is 16.0 Å². The van der Waals surface area contributed by atoms with E-state index in [4.69, 9.17) is 0 Å². The Hall–Kier alpha value is -2.25. The van der Waals surface area contributed by atoms with Gasteiger partial charge < -0.3 is 15.5 Å². The number of unbranched alkanes of at least 4 members (excludes halogenated alkanes) is 2. The van der Waals surface area contributed by atoms with E-state index in [0.717, 1.165) is 35.6 Å². The lowest BCUT2D eigenvalue weighted by atomic mass is 9.92. The predicted octanol–water partition coefficient (Wildman–Crippen LogP) is 2.10. The molecule has 31 heavy (non-hydrogen) atoms. The number of fused-ring (bicyclic) bond motifs is 1. The highest BCUT2D eigenvalue weighted by Gasteiger charge is 2.39. The first-order valence-electron chi connectivity index (χ1n) is 11.8. The van der Waals surface area contributed by atoms with E-state index < -0.39 is 6.04 Å². The highest BCUT2D eigenvalue weighted by molar-refractivity contribution is 6.05. The van der Waals surface area contributed by atoms with E-state index in [0.29, 0.717) is 19.5 Å². The second-order valence-electron chi connectivity index (χ2n) is 9.07. The molecule has 0 aliphatic carbocycles. The third-order valence-electron chi connectivity index (χ3n) is 6.88. The van der Waals surface area contributed by atoms with Crippen LogP contribution in [0.3, 0.4) is 0 Å². The summed E-state index contributed by atoms with van der Waals surface area (Å²) in [5.41, 5.74) is 2.69. The van der Waals surface area contributed by atoms with Crippen molar-refractivity contribution in [3.63, 3.8) is 0 Å². The van der Waals surface area contributed by atoms with Crippen LogP contribution in [0.4, 0.5) is 0 Å². The number of carbonyl (C=O) groups excluding carboxylic acids is 3. The summed E-state index contributed by atoms with van der Waals surface area (Å²) in [4.78, 5) is 38.4. The van der Waals surface area contributed by atoms with Crippen molar-refractivity contribution in [2.24, 2.45) is 5.92 Å². The third kappa shape index (κ3) is 5.33. The van der Waals surface area contributed by atoms with Gasteiger partial charge in [0.25, 0.3) is 5.91 Å². The van der Waals surface area contributed by atoms with E-state index >= 15 is 0 Å². The van der Waals surface area contributed by atoms with Gasteiger partial charge in [-0.3, -0.25) is 19.7 Å². The average Bonchev–Trinajstić information content (AvgIpc) is 3.11. The molecule has 3 heterocycles. The lowest BCUT2D eigenvalue weighted by Gasteiger charge is -2.29. The molecular formula is C24H34N4O3. The van der Waals surface area contributed by atoms with Crippen molar-refractivity contribution in [2.45, 2.75) is 70.5 Å². The summed E-state index contributed by atoms with van der Waals surface area (Å²) < 4.78 is 0. The van der Waals surface area contributed by atoms with Crippen molar-refractivity contribution in [2.75, 3.05) is 19.6 Å². The minimum Gasteiger partial charge on any atom is -0.322 e. The number of hydrogen-bond acceptors (Lipinski definition) is 5. The maximum Gasteiger partial charge on any atom is 0.255 e. The van der Waals surface area contributed by atoms with Crippen LogP contribution >= 0.6 is 0 Å². The van der Waals surface area contributed by atoms with Crippen molar-refractivity contribution in [1.29, 1.82) is 0 Å². The number of rotatable bonds is 9. The summed E-state index contributed by atoms with van der Waals surface area (Å²) in [5, 5.41) is 9.28. The number of nitrogens with zero attached hydrogens (tertiary/aromatic N) is 1. The first kappa shape index (κ1) is 22.0. The smallest absolute Gasteiger partial charge is 0.255 e. The Bertz CT molecular complexity index is 819. The SMILES string of the molecule is O=C1CCC(N2Cc3cccc(CNCCCCCC4CCNCC4)c3C2=O)C(=O)N1. The first-order valence-corrected chi connectivity index (χ1v) is 11.8. The van der Waals surface area contributed by atoms with Gasteiger partial charge in [-0.15, -0.1) is 0 Å². The first-order chi connectivity index (χ1) is 15.1. The molecule has 7 nitrogen and oxygen atoms in total. The minimum absolute atomic E-state index is 0.0936. The van der Waals surface area contributed by atoms with Gasteiger partial charge in [0.1, 0.15) is 6.04 Å². The number of carbonyl (C=O) groups is 3. The van der Waals surface area contributed by atoms with Crippen LogP contribution in [0.5, 0.6) is 0 Å². The summed E-state index contributed by atoms with van der Waals surface area (Å²) in [5.74, 6) is 0.191. The van der Waals surface area contributed by atoms with Gasteiger partial charge in [0.05, 0.1) is 0 Å². The Morgan fingerprint density at radius 1 is 1.03 bits per heavy atom.